The highest BCUT2D eigenvalue weighted by Gasteiger charge is 2.03. The molecule has 0 heterocycles. The minimum Gasteiger partial charge on any atom is -0.328 e. The van der Waals surface area contributed by atoms with Gasteiger partial charge in [0, 0.05) is 12.2 Å². The van der Waals surface area contributed by atoms with Crippen LogP contribution >= 0.6 is 0 Å². The molecule has 0 unspecified atom stereocenters. The van der Waals surface area contributed by atoms with E-state index in [4.69, 9.17) is 0 Å². The van der Waals surface area contributed by atoms with Crippen LogP contribution in [0.25, 0.3) is 0 Å². The fraction of sp³-hybridized carbons (Fsp3) is 0.364. The standard InChI is InChI=1S/C11H16N2O/c1-8-4-10(6-12-3)5-9(2)11(8)13-7-14/h4-5,7,12H,6H2,1-3H3,(H,13,14). The number of carbonyl (C=O) groups excluding carboxylic acids is 1. The first-order valence-electron chi connectivity index (χ1n) is 4.64. The molecule has 0 aliphatic carbocycles. The molecule has 0 saturated heterocycles. The molecule has 0 spiro atoms. The fourth-order valence-electron chi connectivity index (χ4n) is 1.65. The lowest BCUT2D eigenvalue weighted by molar-refractivity contribution is -0.105. The highest BCUT2D eigenvalue weighted by molar-refractivity contribution is 5.75. The van der Waals surface area contributed by atoms with Crippen LogP contribution in [0.2, 0.25) is 0 Å². The van der Waals surface area contributed by atoms with E-state index in [0.29, 0.717) is 6.41 Å². The lowest BCUT2D eigenvalue weighted by atomic mass is 10.0. The number of hydrogen-bond donors (Lipinski definition) is 2. The van der Waals surface area contributed by atoms with Crippen LogP contribution in [0.4, 0.5) is 5.69 Å². The Morgan fingerprint density at radius 3 is 2.29 bits per heavy atom. The monoisotopic (exact) mass is 192 g/mol. The molecule has 3 heteroatoms. The quantitative estimate of drug-likeness (QED) is 0.711. The molecule has 0 fully saturated rings. The Balaban J connectivity index is 3.04. The first kappa shape index (κ1) is 10.7. The molecule has 1 aromatic rings. The van der Waals surface area contributed by atoms with Gasteiger partial charge in [-0.05, 0) is 37.6 Å². The number of hydrogen-bond acceptors (Lipinski definition) is 2. The Morgan fingerprint density at radius 2 is 1.86 bits per heavy atom. The molecule has 2 N–H and O–H groups in total. The molecule has 1 aromatic carbocycles. The predicted molar refractivity (Wildman–Crippen MR) is 58.4 cm³/mol. The minimum atomic E-state index is 0.715. The summed E-state index contributed by atoms with van der Waals surface area (Å²) in [5.41, 5.74) is 4.35. The van der Waals surface area contributed by atoms with Crippen molar-refractivity contribution in [2.45, 2.75) is 20.4 Å². The van der Waals surface area contributed by atoms with Crippen LogP contribution in [-0.2, 0) is 11.3 Å². The summed E-state index contributed by atoms with van der Waals surface area (Å²) < 4.78 is 0. The number of benzene rings is 1. The van der Waals surface area contributed by atoms with E-state index in [-0.39, 0.29) is 0 Å². The third kappa shape index (κ3) is 2.33. The lowest BCUT2D eigenvalue weighted by Gasteiger charge is -2.11. The summed E-state index contributed by atoms with van der Waals surface area (Å²) in [5, 5.41) is 5.81. The van der Waals surface area contributed by atoms with Crippen LogP contribution < -0.4 is 10.6 Å². The topological polar surface area (TPSA) is 41.1 Å². The molecule has 3 nitrogen and oxygen atoms in total. The highest BCUT2D eigenvalue weighted by atomic mass is 16.1. The summed E-state index contributed by atoms with van der Waals surface area (Å²) in [6, 6.07) is 4.16. The van der Waals surface area contributed by atoms with E-state index in [1.165, 1.54) is 5.56 Å². The SMILES string of the molecule is CNCc1cc(C)c(NC=O)c(C)c1. The Hall–Kier alpha value is -1.35. The van der Waals surface area contributed by atoms with E-state index in [1.807, 2.05) is 20.9 Å². The van der Waals surface area contributed by atoms with Crippen molar-refractivity contribution in [2.75, 3.05) is 12.4 Å². The average Bonchev–Trinajstić information content (AvgIpc) is 2.12. The van der Waals surface area contributed by atoms with Gasteiger partial charge in [0.25, 0.3) is 0 Å². The number of aryl methyl sites for hydroxylation is 2. The minimum absolute atomic E-state index is 0.715. The molecule has 1 rings (SSSR count). The van der Waals surface area contributed by atoms with Gasteiger partial charge in [0.05, 0.1) is 0 Å². The van der Waals surface area contributed by atoms with Crippen molar-refractivity contribution in [1.29, 1.82) is 0 Å². The average molecular weight is 192 g/mol. The van der Waals surface area contributed by atoms with Gasteiger partial charge < -0.3 is 10.6 Å². The summed E-state index contributed by atoms with van der Waals surface area (Å²) in [6.07, 6.45) is 0.715. The smallest absolute Gasteiger partial charge is 0.211 e. The van der Waals surface area contributed by atoms with E-state index in [2.05, 4.69) is 22.8 Å². The first-order chi connectivity index (χ1) is 6.69. The number of nitrogens with one attached hydrogen (secondary N) is 2. The maximum Gasteiger partial charge on any atom is 0.211 e. The molecule has 0 saturated carbocycles. The van der Waals surface area contributed by atoms with Gasteiger partial charge in [0.15, 0.2) is 0 Å². The van der Waals surface area contributed by atoms with E-state index in [0.717, 1.165) is 23.4 Å². The van der Waals surface area contributed by atoms with Crippen molar-refractivity contribution < 1.29 is 4.79 Å². The Morgan fingerprint density at radius 1 is 1.29 bits per heavy atom. The van der Waals surface area contributed by atoms with Crippen LogP contribution in [0.3, 0.4) is 0 Å². The third-order valence-electron chi connectivity index (χ3n) is 2.18. The second-order valence-electron chi connectivity index (χ2n) is 3.40. The van der Waals surface area contributed by atoms with Gasteiger partial charge in [-0.3, -0.25) is 4.79 Å². The second kappa shape index (κ2) is 4.77. The predicted octanol–water partition coefficient (Wildman–Crippen LogP) is 1.59. The number of anilines is 1. The summed E-state index contributed by atoms with van der Waals surface area (Å²) in [5.74, 6) is 0. The summed E-state index contributed by atoms with van der Waals surface area (Å²) in [7, 11) is 1.92. The Bertz CT molecular complexity index is 311. The van der Waals surface area contributed by atoms with Gasteiger partial charge in [-0.25, -0.2) is 0 Å². The van der Waals surface area contributed by atoms with Gasteiger partial charge in [-0.1, -0.05) is 12.1 Å². The molecule has 0 radical (unpaired) electrons. The van der Waals surface area contributed by atoms with E-state index < -0.39 is 0 Å². The summed E-state index contributed by atoms with van der Waals surface area (Å²) in [4.78, 5) is 10.4. The Kier molecular flexibility index (Phi) is 3.65. The van der Waals surface area contributed by atoms with Crippen molar-refractivity contribution in [2.24, 2.45) is 0 Å². The number of amides is 1. The van der Waals surface area contributed by atoms with Gasteiger partial charge in [-0.2, -0.15) is 0 Å². The zero-order chi connectivity index (χ0) is 10.6. The fourth-order valence-corrected chi connectivity index (χ4v) is 1.65. The van der Waals surface area contributed by atoms with Gasteiger partial charge in [-0.15, -0.1) is 0 Å². The molecule has 14 heavy (non-hydrogen) atoms. The summed E-state index contributed by atoms with van der Waals surface area (Å²) >= 11 is 0. The van der Waals surface area contributed by atoms with Crippen LogP contribution in [0.1, 0.15) is 16.7 Å². The molecular formula is C11H16N2O. The molecule has 0 aliphatic heterocycles. The van der Waals surface area contributed by atoms with Crippen LogP contribution in [0.15, 0.2) is 12.1 Å². The van der Waals surface area contributed by atoms with E-state index in [9.17, 15) is 4.79 Å². The van der Waals surface area contributed by atoms with Gasteiger partial charge in [0.1, 0.15) is 0 Å². The zero-order valence-corrected chi connectivity index (χ0v) is 8.85. The molecule has 0 atom stereocenters. The molecule has 0 aliphatic rings. The van der Waals surface area contributed by atoms with Crippen LogP contribution in [0, 0.1) is 13.8 Å². The van der Waals surface area contributed by atoms with Crippen molar-refractivity contribution in [3.8, 4) is 0 Å². The third-order valence-corrected chi connectivity index (χ3v) is 2.18. The second-order valence-corrected chi connectivity index (χ2v) is 3.40. The van der Waals surface area contributed by atoms with Crippen LogP contribution in [0.5, 0.6) is 0 Å². The molecule has 0 bridgehead atoms. The maximum atomic E-state index is 10.4. The van der Waals surface area contributed by atoms with Crippen molar-refractivity contribution in [3.05, 3.63) is 28.8 Å². The lowest BCUT2D eigenvalue weighted by Crippen LogP contribution is -2.07. The molecule has 1 amide bonds. The van der Waals surface area contributed by atoms with Gasteiger partial charge >= 0.3 is 0 Å². The number of carbonyl (C=O) groups is 1. The summed E-state index contributed by atoms with van der Waals surface area (Å²) in [6.45, 7) is 4.85. The first-order valence-corrected chi connectivity index (χ1v) is 4.64. The molecular weight excluding hydrogens is 176 g/mol. The maximum absolute atomic E-state index is 10.4. The Labute approximate surface area is 84.5 Å². The van der Waals surface area contributed by atoms with Crippen LogP contribution in [-0.4, -0.2) is 13.5 Å². The van der Waals surface area contributed by atoms with Crippen molar-refractivity contribution in [1.82, 2.24) is 5.32 Å². The zero-order valence-electron chi connectivity index (χ0n) is 8.85. The van der Waals surface area contributed by atoms with E-state index >= 15 is 0 Å². The van der Waals surface area contributed by atoms with E-state index in [1.54, 1.807) is 0 Å². The van der Waals surface area contributed by atoms with Crippen molar-refractivity contribution >= 4 is 12.1 Å². The number of rotatable bonds is 4. The molecule has 76 valence electrons. The molecule has 0 aromatic heterocycles. The normalized spacial score (nSPS) is 9.93. The largest absolute Gasteiger partial charge is 0.328 e. The van der Waals surface area contributed by atoms with Gasteiger partial charge in [0.2, 0.25) is 6.41 Å². The van der Waals surface area contributed by atoms with Crippen molar-refractivity contribution in [3.63, 3.8) is 0 Å². The highest BCUT2D eigenvalue weighted by Crippen LogP contribution is 2.21.